The van der Waals surface area contributed by atoms with E-state index in [1.807, 2.05) is 24.4 Å². The van der Waals surface area contributed by atoms with Gasteiger partial charge in [0.1, 0.15) is 0 Å². The third kappa shape index (κ3) is 2.31. The lowest BCUT2D eigenvalue weighted by Gasteiger charge is -2.08. The average molecular weight is 226 g/mol. The van der Waals surface area contributed by atoms with E-state index >= 15 is 0 Å². The molecule has 0 fully saturated rings. The number of aromatic nitrogens is 1. The van der Waals surface area contributed by atoms with Crippen LogP contribution in [0.4, 0.5) is 0 Å². The third-order valence-electron chi connectivity index (χ3n) is 2.50. The van der Waals surface area contributed by atoms with Gasteiger partial charge in [-0.25, -0.2) is 0 Å². The fraction of sp³-hybridized carbons (Fsp3) is 0.273. The largest absolute Gasteiger partial charge is 0.361 e. The van der Waals surface area contributed by atoms with E-state index in [1.165, 1.54) is 5.39 Å². The number of benzene rings is 1. The summed E-state index contributed by atoms with van der Waals surface area (Å²) in [4.78, 5) is 3.21. The topological polar surface area (TPSA) is 67.8 Å². The highest BCUT2D eigenvalue weighted by Crippen LogP contribution is 2.23. The monoisotopic (exact) mass is 225 g/mol. The van der Waals surface area contributed by atoms with E-state index in [0.29, 0.717) is 6.54 Å². The molecule has 82 valence electrons. The lowest BCUT2D eigenvalue weighted by atomic mass is 10.0. The molecular weight excluding hydrogens is 210 g/mol. The van der Waals surface area contributed by atoms with Crippen LogP contribution in [-0.4, -0.2) is 11.5 Å². The molecule has 0 spiro atoms. The van der Waals surface area contributed by atoms with Crippen molar-refractivity contribution in [3.8, 4) is 0 Å². The second-order valence-corrected chi connectivity index (χ2v) is 3.47. The predicted molar refractivity (Wildman–Crippen MR) is 66.1 cm³/mol. The highest BCUT2D eigenvalue weighted by molar-refractivity contribution is 5.85. The molecule has 0 amide bonds. The minimum atomic E-state index is 0. The number of H-pyrrole nitrogens is 1. The first-order chi connectivity index (χ1) is 6.83. The molecule has 0 unspecified atom stereocenters. The number of nitrogens with one attached hydrogen (secondary N) is 1. The van der Waals surface area contributed by atoms with Gasteiger partial charge < -0.3 is 16.5 Å². The van der Waals surface area contributed by atoms with E-state index in [-0.39, 0.29) is 18.4 Å². The molecule has 0 saturated carbocycles. The zero-order valence-electron chi connectivity index (χ0n) is 8.44. The summed E-state index contributed by atoms with van der Waals surface area (Å²) >= 11 is 0. The quantitative estimate of drug-likeness (QED) is 0.747. The Morgan fingerprint density at radius 1 is 1.27 bits per heavy atom. The summed E-state index contributed by atoms with van der Waals surface area (Å²) in [5, 5.41) is 1.20. The average Bonchev–Trinajstić information content (AvgIpc) is 2.61. The van der Waals surface area contributed by atoms with E-state index in [2.05, 4.69) is 11.1 Å². The highest BCUT2D eigenvalue weighted by Gasteiger charge is 2.09. The molecule has 0 bridgehead atoms. The Morgan fingerprint density at radius 2 is 2.00 bits per heavy atom. The fourth-order valence-corrected chi connectivity index (χ4v) is 1.74. The molecule has 1 heterocycles. The molecule has 0 saturated heterocycles. The Bertz CT molecular complexity index is 424. The van der Waals surface area contributed by atoms with Crippen molar-refractivity contribution in [3.63, 3.8) is 0 Å². The van der Waals surface area contributed by atoms with Crippen molar-refractivity contribution in [1.82, 2.24) is 4.98 Å². The number of hydrogen-bond acceptors (Lipinski definition) is 2. The van der Waals surface area contributed by atoms with Crippen LogP contribution in [0, 0.1) is 0 Å². The van der Waals surface area contributed by atoms with Crippen LogP contribution in [0.5, 0.6) is 0 Å². The van der Waals surface area contributed by atoms with E-state index in [0.717, 1.165) is 17.5 Å². The first-order valence-electron chi connectivity index (χ1n) is 4.84. The summed E-state index contributed by atoms with van der Waals surface area (Å²) in [5.41, 5.74) is 13.8. The van der Waals surface area contributed by atoms with Crippen molar-refractivity contribution in [3.05, 3.63) is 36.0 Å². The smallest absolute Gasteiger partial charge is 0.0457 e. The van der Waals surface area contributed by atoms with Crippen molar-refractivity contribution in [1.29, 1.82) is 0 Å². The molecular formula is C11H16ClN3. The SMILES string of the molecule is Cl.NCC[C@@H](N)c1c[nH]c2ccccc12. The van der Waals surface area contributed by atoms with Gasteiger partial charge in [-0.1, -0.05) is 18.2 Å². The van der Waals surface area contributed by atoms with Crippen LogP contribution in [0.3, 0.4) is 0 Å². The van der Waals surface area contributed by atoms with Gasteiger partial charge in [-0.3, -0.25) is 0 Å². The zero-order valence-corrected chi connectivity index (χ0v) is 9.26. The normalized spacial score (nSPS) is 12.4. The predicted octanol–water partition coefficient (Wildman–Crippen LogP) is 1.94. The number of hydrogen-bond donors (Lipinski definition) is 3. The van der Waals surface area contributed by atoms with E-state index in [9.17, 15) is 0 Å². The molecule has 1 aromatic carbocycles. The van der Waals surface area contributed by atoms with E-state index in [4.69, 9.17) is 11.5 Å². The van der Waals surface area contributed by atoms with Gasteiger partial charge in [0.25, 0.3) is 0 Å². The van der Waals surface area contributed by atoms with Crippen LogP contribution in [0.1, 0.15) is 18.0 Å². The van der Waals surface area contributed by atoms with Crippen LogP contribution >= 0.6 is 12.4 Å². The Balaban J connectivity index is 0.00000112. The van der Waals surface area contributed by atoms with Gasteiger partial charge >= 0.3 is 0 Å². The van der Waals surface area contributed by atoms with Gasteiger partial charge in [0.2, 0.25) is 0 Å². The molecule has 0 aliphatic rings. The maximum Gasteiger partial charge on any atom is 0.0457 e. The Hall–Kier alpha value is -1.03. The van der Waals surface area contributed by atoms with Crippen LogP contribution in [-0.2, 0) is 0 Å². The highest BCUT2D eigenvalue weighted by atomic mass is 35.5. The van der Waals surface area contributed by atoms with Crippen molar-refractivity contribution < 1.29 is 0 Å². The van der Waals surface area contributed by atoms with Gasteiger partial charge in [-0.15, -0.1) is 12.4 Å². The van der Waals surface area contributed by atoms with Crippen LogP contribution < -0.4 is 11.5 Å². The number of nitrogens with two attached hydrogens (primary N) is 2. The molecule has 0 aliphatic carbocycles. The van der Waals surface area contributed by atoms with Gasteiger partial charge in [0.15, 0.2) is 0 Å². The first-order valence-corrected chi connectivity index (χ1v) is 4.84. The summed E-state index contributed by atoms with van der Waals surface area (Å²) in [6.07, 6.45) is 2.80. The van der Waals surface area contributed by atoms with Crippen LogP contribution in [0.15, 0.2) is 30.5 Å². The molecule has 15 heavy (non-hydrogen) atoms. The molecule has 0 radical (unpaired) electrons. The van der Waals surface area contributed by atoms with Gasteiger partial charge in [-0.2, -0.15) is 0 Å². The van der Waals surface area contributed by atoms with E-state index in [1.54, 1.807) is 0 Å². The minimum absolute atomic E-state index is 0. The van der Waals surface area contributed by atoms with Crippen molar-refractivity contribution >= 4 is 23.3 Å². The lowest BCUT2D eigenvalue weighted by molar-refractivity contribution is 0.666. The fourth-order valence-electron chi connectivity index (χ4n) is 1.74. The second kappa shape index (κ2) is 5.16. The maximum absolute atomic E-state index is 6.02. The van der Waals surface area contributed by atoms with Gasteiger partial charge in [0.05, 0.1) is 0 Å². The molecule has 1 aromatic heterocycles. The number of halogens is 1. The maximum atomic E-state index is 6.02. The van der Waals surface area contributed by atoms with Crippen molar-refractivity contribution in [2.75, 3.05) is 6.54 Å². The number of fused-ring (bicyclic) bond motifs is 1. The summed E-state index contributed by atoms with van der Waals surface area (Å²) in [6.45, 7) is 0.626. The van der Waals surface area contributed by atoms with Gasteiger partial charge in [0, 0.05) is 23.1 Å². The van der Waals surface area contributed by atoms with Crippen molar-refractivity contribution in [2.24, 2.45) is 11.5 Å². The summed E-state index contributed by atoms with van der Waals surface area (Å²) in [6, 6.07) is 8.20. The summed E-state index contributed by atoms with van der Waals surface area (Å²) in [7, 11) is 0. The van der Waals surface area contributed by atoms with Crippen molar-refractivity contribution in [2.45, 2.75) is 12.5 Å². The Morgan fingerprint density at radius 3 is 2.73 bits per heavy atom. The van der Waals surface area contributed by atoms with Crippen LogP contribution in [0.25, 0.3) is 10.9 Å². The molecule has 2 rings (SSSR count). The standard InChI is InChI=1S/C11H15N3.ClH/c12-6-5-10(13)9-7-14-11-4-2-1-3-8(9)11;/h1-4,7,10,14H,5-6,12-13H2;1H/t10-;/m1./s1. The summed E-state index contributed by atoms with van der Waals surface area (Å²) in [5.74, 6) is 0. The molecule has 5 N–H and O–H groups in total. The number of rotatable bonds is 3. The molecule has 2 aromatic rings. The first kappa shape index (κ1) is 12.0. The van der Waals surface area contributed by atoms with E-state index < -0.39 is 0 Å². The Kier molecular flexibility index (Phi) is 4.15. The zero-order chi connectivity index (χ0) is 9.97. The number of para-hydroxylation sites is 1. The second-order valence-electron chi connectivity index (χ2n) is 3.47. The molecule has 3 nitrogen and oxygen atoms in total. The van der Waals surface area contributed by atoms with Gasteiger partial charge in [-0.05, 0) is 24.6 Å². The van der Waals surface area contributed by atoms with Crippen LogP contribution in [0.2, 0.25) is 0 Å². The molecule has 1 atom stereocenters. The number of aromatic amines is 1. The summed E-state index contributed by atoms with van der Waals surface area (Å²) < 4.78 is 0. The third-order valence-corrected chi connectivity index (χ3v) is 2.50. The lowest BCUT2D eigenvalue weighted by Crippen LogP contribution is -2.14. The Labute approximate surface area is 95.2 Å². The molecule has 0 aliphatic heterocycles. The molecule has 4 heteroatoms. The minimum Gasteiger partial charge on any atom is -0.361 e.